The van der Waals surface area contributed by atoms with E-state index >= 15 is 9.59 Å². The zero-order valence-corrected chi connectivity index (χ0v) is 42.7. The normalized spacial score (nSPS) is 21.6. The average molecular weight is 1050 g/mol. The van der Waals surface area contributed by atoms with Gasteiger partial charge in [-0.2, -0.15) is 0 Å². The Morgan fingerprint density at radius 3 is 1.87 bits per heavy atom. The van der Waals surface area contributed by atoms with Gasteiger partial charge in [0.1, 0.15) is 54.7 Å². The molecule has 7 atom stereocenters. The maximum Gasteiger partial charge on any atom is 0.407 e. The Kier molecular flexibility index (Phi) is 19.0. The lowest BCUT2D eigenvalue weighted by Gasteiger charge is -2.32. The van der Waals surface area contributed by atoms with E-state index in [-0.39, 0.29) is 51.7 Å². The fraction of sp³-hybridized carbons (Fsp3) is 0.328. The zero-order valence-electron chi connectivity index (χ0n) is 42.7. The lowest BCUT2D eigenvalue weighted by atomic mass is 9.99. The standard InChI is InChI=1S/C58H66N10O9/c59-27-13-12-22-46-52(69)64-47(30-38-23-25-42(26-24-38)76-36-39-16-6-2-7-17-39)53(70)66-49(31-37-14-4-1-5-15-37)57(74)68-35-43(77-58(75)61-29-28-60)33-50(68)55(72)67-51(40-18-8-3-9-19-40)56(73)65-48(54(71)63-46)32-41-34-62-45-21-11-10-20-44(41)45/h1-11,14-21,23-26,34,43,46-51,62H,12-13,22,27-33,35-36,59-60H2,(H,61,75)(H,63,71)(H,64,69)(H,65,73)(H,66,70)(H,67,72)/t43-,46+,47?,48-,49+,50+,51+/m1/s1. The summed E-state index contributed by atoms with van der Waals surface area (Å²) >= 11 is 0. The molecule has 0 radical (unpaired) electrons. The smallest absolute Gasteiger partial charge is 0.407 e. The number of rotatable bonds is 17. The van der Waals surface area contributed by atoms with Crippen molar-refractivity contribution in [1.82, 2.24) is 41.8 Å². The second kappa shape index (κ2) is 26.8. The van der Waals surface area contributed by atoms with Gasteiger partial charge < -0.3 is 62.7 Å². The first-order valence-electron chi connectivity index (χ1n) is 26.0. The number of carbonyl (C=O) groups excluding carboxylic acids is 7. The molecule has 5 aromatic carbocycles. The molecule has 8 rings (SSSR count). The minimum atomic E-state index is -1.42. The molecule has 2 aliphatic rings. The summed E-state index contributed by atoms with van der Waals surface area (Å²) in [6, 6.07) is 33.6. The number of fused-ring (bicyclic) bond motifs is 2. The van der Waals surface area contributed by atoms with Crippen molar-refractivity contribution in [3.63, 3.8) is 0 Å². The van der Waals surface area contributed by atoms with Crippen LogP contribution in [0.25, 0.3) is 10.9 Å². The molecule has 2 saturated heterocycles. The molecule has 402 valence electrons. The number of benzene rings is 5. The number of nitrogens with zero attached hydrogens (tertiary/aromatic N) is 1. The van der Waals surface area contributed by atoms with Gasteiger partial charge in [-0.3, -0.25) is 28.8 Å². The predicted octanol–water partition coefficient (Wildman–Crippen LogP) is 3.37. The molecule has 19 nitrogen and oxygen atoms in total. The van der Waals surface area contributed by atoms with Gasteiger partial charge in [0.2, 0.25) is 35.4 Å². The third-order valence-electron chi connectivity index (χ3n) is 13.7. The Bertz CT molecular complexity index is 2960. The number of H-pyrrole nitrogens is 1. The summed E-state index contributed by atoms with van der Waals surface area (Å²) in [5, 5.41) is 17.9. The molecule has 19 heteroatoms. The van der Waals surface area contributed by atoms with Gasteiger partial charge in [0.15, 0.2) is 0 Å². The number of amides is 7. The van der Waals surface area contributed by atoms with Crippen molar-refractivity contribution in [3.8, 4) is 5.75 Å². The number of alkyl carbamates (subject to hydrolysis) is 1. The van der Waals surface area contributed by atoms with Gasteiger partial charge in [-0.15, -0.1) is 0 Å². The van der Waals surface area contributed by atoms with Crippen LogP contribution >= 0.6 is 0 Å². The third-order valence-corrected chi connectivity index (χ3v) is 13.7. The second-order valence-corrected chi connectivity index (χ2v) is 19.2. The largest absolute Gasteiger partial charge is 0.489 e. The summed E-state index contributed by atoms with van der Waals surface area (Å²) in [6.07, 6.45) is 0.652. The molecule has 11 N–H and O–H groups in total. The Morgan fingerprint density at radius 1 is 0.584 bits per heavy atom. The Labute approximate surface area is 446 Å². The highest BCUT2D eigenvalue weighted by atomic mass is 16.6. The summed E-state index contributed by atoms with van der Waals surface area (Å²) in [4.78, 5) is 107. The van der Waals surface area contributed by atoms with Crippen LogP contribution in [0.2, 0.25) is 0 Å². The number of para-hydroxylation sites is 1. The van der Waals surface area contributed by atoms with Crippen LogP contribution < -0.4 is 48.1 Å². The highest BCUT2D eigenvalue weighted by molar-refractivity contribution is 5.99. The van der Waals surface area contributed by atoms with Crippen molar-refractivity contribution < 1.29 is 43.0 Å². The molecule has 3 heterocycles. The van der Waals surface area contributed by atoms with Gasteiger partial charge in [-0.1, -0.05) is 121 Å². The van der Waals surface area contributed by atoms with Crippen molar-refractivity contribution in [2.24, 2.45) is 11.5 Å². The van der Waals surface area contributed by atoms with E-state index < -0.39 is 83.9 Å². The molecule has 1 unspecified atom stereocenters. The lowest BCUT2D eigenvalue weighted by Crippen LogP contribution is -2.61. The van der Waals surface area contributed by atoms with Crippen molar-refractivity contribution in [2.75, 3.05) is 26.2 Å². The van der Waals surface area contributed by atoms with Gasteiger partial charge in [-0.05, 0) is 71.8 Å². The molecule has 77 heavy (non-hydrogen) atoms. The SMILES string of the molecule is NCCCC[C@@H]1NC(=O)[C@@H](Cc2c[nH]c3ccccc23)NC(=O)[C@H](c2ccccc2)NC(=O)[C@@H]2C[C@@H](OC(=O)NCCN)CN2C(=O)[C@H](Cc2ccccc2)NC(=O)C(Cc2ccc(OCc3ccccc3)cc2)NC1=O. The molecule has 6 aromatic rings. The van der Waals surface area contributed by atoms with E-state index in [1.54, 1.807) is 85.1 Å². The van der Waals surface area contributed by atoms with E-state index in [4.69, 9.17) is 20.9 Å². The molecule has 7 amide bonds. The summed E-state index contributed by atoms with van der Waals surface area (Å²) < 4.78 is 11.8. The maximum absolute atomic E-state index is 15.3. The minimum Gasteiger partial charge on any atom is -0.489 e. The molecule has 1 aromatic heterocycles. The predicted molar refractivity (Wildman–Crippen MR) is 288 cm³/mol. The number of aromatic nitrogens is 1. The van der Waals surface area contributed by atoms with E-state index in [1.807, 2.05) is 60.7 Å². The van der Waals surface area contributed by atoms with Crippen molar-refractivity contribution in [2.45, 2.75) is 93.9 Å². The topological polar surface area (TPSA) is 281 Å². The van der Waals surface area contributed by atoms with E-state index in [0.29, 0.717) is 54.0 Å². The molecule has 2 fully saturated rings. The number of ether oxygens (including phenoxy) is 2. The van der Waals surface area contributed by atoms with Crippen molar-refractivity contribution in [1.29, 1.82) is 0 Å². The van der Waals surface area contributed by atoms with Gasteiger partial charge >= 0.3 is 6.09 Å². The first-order chi connectivity index (χ1) is 37.5. The van der Waals surface area contributed by atoms with Gasteiger partial charge in [0.05, 0.1) is 6.54 Å². The van der Waals surface area contributed by atoms with Gasteiger partial charge in [-0.25, -0.2) is 4.79 Å². The molecule has 0 aliphatic carbocycles. The van der Waals surface area contributed by atoms with Crippen LogP contribution in [-0.4, -0.2) is 114 Å². The van der Waals surface area contributed by atoms with Crippen LogP contribution in [-0.2, 0) is 59.4 Å². The number of hydrogen-bond donors (Lipinski definition) is 9. The first-order valence-corrected chi connectivity index (χ1v) is 26.0. The van der Waals surface area contributed by atoms with E-state index in [1.165, 1.54) is 4.90 Å². The molecular weight excluding hydrogens is 981 g/mol. The van der Waals surface area contributed by atoms with E-state index in [2.05, 4.69) is 36.9 Å². The quantitative estimate of drug-likeness (QED) is 0.0598. The molecule has 0 spiro atoms. The summed E-state index contributed by atoms with van der Waals surface area (Å²) in [5.41, 5.74) is 15.7. The summed E-state index contributed by atoms with van der Waals surface area (Å²) in [5.74, 6) is -3.76. The van der Waals surface area contributed by atoms with Crippen molar-refractivity contribution >= 4 is 52.4 Å². The molecular formula is C58H66N10O9. The highest BCUT2D eigenvalue weighted by Crippen LogP contribution is 2.26. The highest BCUT2D eigenvalue weighted by Gasteiger charge is 2.45. The second-order valence-electron chi connectivity index (χ2n) is 19.2. The maximum atomic E-state index is 15.3. The summed E-state index contributed by atoms with van der Waals surface area (Å²) in [7, 11) is 0. The lowest BCUT2D eigenvalue weighted by molar-refractivity contribution is -0.143. The molecule has 0 saturated carbocycles. The summed E-state index contributed by atoms with van der Waals surface area (Å²) in [6.45, 7) is 0.617. The van der Waals surface area contributed by atoms with Crippen LogP contribution in [0.15, 0.2) is 146 Å². The minimum absolute atomic E-state index is 0.0385. The number of nitrogens with one attached hydrogen (secondary N) is 7. The Balaban J connectivity index is 1.19. The number of nitrogens with two attached hydrogens (primary N) is 2. The van der Waals surface area contributed by atoms with Crippen molar-refractivity contribution in [3.05, 3.63) is 174 Å². The average Bonchev–Trinajstić information content (AvgIpc) is 4.08. The fourth-order valence-corrected chi connectivity index (χ4v) is 9.65. The Morgan fingerprint density at radius 2 is 1.17 bits per heavy atom. The van der Waals surface area contributed by atoms with Gasteiger partial charge in [0, 0.05) is 55.9 Å². The van der Waals surface area contributed by atoms with Crippen LogP contribution in [0.1, 0.15) is 59.5 Å². The van der Waals surface area contributed by atoms with Gasteiger partial charge in [0.25, 0.3) is 0 Å². The first kappa shape index (κ1) is 54.7. The molecule has 0 bridgehead atoms. The zero-order chi connectivity index (χ0) is 54.1. The number of unbranched alkanes of at least 4 members (excludes halogenated alkanes) is 1. The fourth-order valence-electron chi connectivity index (χ4n) is 9.65. The third kappa shape index (κ3) is 14.9. The van der Waals surface area contributed by atoms with Crippen LogP contribution in [0, 0.1) is 0 Å². The number of hydrogen-bond acceptors (Lipinski definition) is 11. The monoisotopic (exact) mass is 1050 g/mol. The number of carbonyl (C=O) groups is 7. The molecule has 2 aliphatic heterocycles. The number of aromatic amines is 1. The Hall–Kier alpha value is -8.55. The van der Waals surface area contributed by atoms with E-state index in [9.17, 15) is 24.0 Å². The van der Waals surface area contributed by atoms with Crippen LogP contribution in [0.3, 0.4) is 0 Å². The van der Waals surface area contributed by atoms with Crippen LogP contribution in [0.5, 0.6) is 5.75 Å². The van der Waals surface area contributed by atoms with Crippen LogP contribution in [0.4, 0.5) is 4.79 Å². The van der Waals surface area contributed by atoms with E-state index in [0.717, 1.165) is 16.5 Å².